The Morgan fingerprint density at radius 3 is 2.56 bits per heavy atom. The summed E-state index contributed by atoms with van der Waals surface area (Å²) in [6.07, 6.45) is 3.17. The Bertz CT molecular complexity index is 356. The lowest BCUT2D eigenvalue weighted by Crippen LogP contribution is -2.43. The van der Waals surface area contributed by atoms with Gasteiger partial charge in [0.05, 0.1) is 6.04 Å². The molecule has 0 aliphatic carbocycles. The molecular formula is C14H22N2OS. The van der Waals surface area contributed by atoms with Crippen molar-refractivity contribution in [1.29, 1.82) is 0 Å². The number of thioether (sulfide) groups is 1. The Morgan fingerprint density at radius 2 is 1.94 bits per heavy atom. The smallest absolute Gasteiger partial charge is 0.241 e. The quantitative estimate of drug-likeness (QED) is 0.797. The first-order valence-corrected chi connectivity index (χ1v) is 7.63. The first-order chi connectivity index (χ1) is 8.63. The van der Waals surface area contributed by atoms with E-state index >= 15 is 0 Å². The molecule has 100 valence electrons. The van der Waals surface area contributed by atoms with Crippen LogP contribution in [-0.4, -0.2) is 30.0 Å². The lowest BCUT2D eigenvalue weighted by Gasteiger charge is -2.19. The van der Waals surface area contributed by atoms with Crippen molar-refractivity contribution in [1.82, 2.24) is 5.32 Å². The molecule has 0 aliphatic rings. The number of nitrogens with one attached hydrogen (secondary N) is 2. The van der Waals surface area contributed by atoms with Gasteiger partial charge >= 0.3 is 0 Å². The largest absolute Gasteiger partial charge is 0.325 e. The van der Waals surface area contributed by atoms with Crippen LogP contribution >= 0.6 is 11.8 Å². The van der Waals surface area contributed by atoms with Crippen molar-refractivity contribution in [2.45, 2.75) is 32.4 Å². The fraction of sp³-hybridized carbons (Fsp3) is 0.500. The number of hydrogen-bond donors (Lipinski definition) is 2. The van der Waals surface area contributed by atoms with Crippen molar-refractivity contribution in [3.63, 3.8) is 0 Å². The van der Waals surface area contributed by atoms with E-state index in [0.29, 0.717) is 6.04 Å². The fourth-order valence-electron chi connectivity index (χ4n) is 1.65. The predicted molar refractivity (Wildman–Crippen MR) is 80.1 cm³/mol. The summed E-state index contributed by atoms with van der Waals surface area (Å²) in [5.74, 6) is 1.12. The molecule has 1 aromatic rings. The number of rotatable bonds is 7. The topological polar surface area (TPSA) is 41.1 Å². The maximum absolute atomic E-state index is 11.9. The summed E-state index contributed by atoms with van der Waals surface area (Å²) < 4.78 is 0. The first kappa shape index (κ1) is 15.1. The van der Waals surface area contributed by atoms with E-state index in [1.165, 1.54) is 0 Å². The molecule has 0 radical (unpaired) electrons. The van der Waals surface area contributed by atoms with E-state index in [4.69, 9.17) is 0 Å². The van der Waals surface area contributed by atoms with Gasteiger partial charge in [-0.05, 0) is 44.4 Å². The number of carbonyl (C=O) groups is 1. The van der Waals surface area contributed by atoms with E-state index in [0.717, 1.165) is 17.9 Å². The van der Waals surface area contributed by atoms with Crippen LogP contribution in [0.3, 0.4) is 0 Å². The zero-order valence-electron chi connectivity index (χ0n) is 11.3. The molecule has 2 N–H and O–H groups in total. The van der Waals surface area contributed by atoms with Gasteiger partial charge in [0.25, 0.3) is 0 Å². The highest BCUT2D eigenvalue weighted by atomic mass is 32.2. The second-order valence-corrected chi connectivity index (χ2v) is 5.41. The van der Waals surface area contributed by atoms with Gasteiger partial charge in [-0.25, -0.2) is 0 Å². The van der Waals surface area contributed by atoms with E-state index in [-0.39, 0.29) is 11.9 Å². The molecule has 0 spiro atoms. The van der Waals surface area contributed by atoms with Crippen LogP contribution in [0.4, 0.5) is 5.69 Å². The lowest BCUT2D eigenvalue weighted by molar-refractivity contribution is -0.117. The van der Waals surface area contributed by atoms with Gasteiger partial charge in [-0.2, -0.15) is 11.8 Å². The van der Waals surface area contributed by atoms with Gasteiger partial charge in [0.1, 0.15) is 0 Å². The molecule has 1 rings (SSSR count). The molecule has 1 amide bonds. The number of hydrogen-bond acceptors (Lipinski definition) is 3. The van der Waals surface area contributed by atoms with Crippen LogP contribution in [0.15, 0.2) is 30.3 Å². The molecule has 0 heterocycles. The van der Waals surface area contributed by atoms with Gasteiger partial charge in [-0.3, -0.25) is 4.79 Å². The maximum atomic E-state index is 11.9. The minimum Gasteiger partial charge on any atom is -0.325 e. The Kier molecular flexibility index (Phi) is 6.83. The molecule has 2 atom stereocenters. The molecule has 3 nitrogen and oxygen atoms in total. The third-order valence-electron chi connectivity index (χ3n) is 2.72. The highest BCUT2D eigenvalue weighted by Gasteiger charge is 2.14. The average Bonchev–Trinajstić information content (AvgIpc) is 2.37. The third kappa shape index (κ3) is 5.56. The minimum atomic E-state index is -0.179. The van der Waals surface area contributed by atoms with Crippen LogP contribution in [0, 0.1) is 0 Å². The van der Waals surface area contributed by atoms with Crippen molar-refractivity contribution in [3.8, 4) is 0 Å². The first-order valence-electron chi connectivity index (χ1n) is 6.24. The van der Waals surface area contributed by atoms with E-state index < -0.39 is 0 Å². The summed E-state index contributed by atoms with van der Waals surface area (Å²) in [5.41, 5.74) is 0.841. The van der Waals surface area contributed by atoms with Crippen LogP contribution in [0.2, 0.25) is 0 Å². The van der Waals surface area contributed by atoms with E-state index in [1.807, 2.05) is 49.0 Å². The van der Waals surface area contributed by atoms with Crippen molar-refractivity contribution in [2.75, 3.05) is 17.3 Å². The minimum absolute atomic E-state index is 0.0113. The molecule has 0 fully saturated rings. The van der Waals surface area contributed by atoms with Gasteiger partial charge < -0.3 is 10.6 Å². The van der Waals surface area contributed by atoms with Gasteiger partial charge in [0, 0.05) is 11.7 Å². The standard InChI is InChI=1S/C14H22N2OS/c1-11(9-10-18-3)15-12(2)14(17)16-13-7-5-4-6-8-13/h4-8,11-12,15H,9-10H2,1-3H3,(H,16,17). The van der Waals surface area contributed by atoms with Crippen LogP contribution in [0.25, 0.3) is 0 Å². The van der Waals surface area contributed by atoms with Gasteiger partial charge in [-0.15, -0.1) is 0 Å². The number of carbonyl (C=O) groups excluding carboxylic acids is 1. The molecule has 1 aromatic carbocycles. The molecule has 0 saturated carbocycles. The Labute approximate surface area is 114 Å². The Morgan fingerprint density at radius 1 is 1.28 bits per heavy atom. The summed E-state index contributed by atoms with van der Waals surface area (Å²) in [6.45, 7) is 4.01. The van der Waals surface area contributed by atoms with Crippen molar-refractivity contribution in [3.05, 3.63) is 30.3 Å². The van der Waals surface area contributed by atoms with Gasteiger partial charge in [-0.1, -0.05) is 18.2 Å². The van der Waals surface area contributed by atoms with Crippen molar-refractivity contribution >= 4 is 23.4 Å². The Balaban J connectivity index is 2.37. The number of para-hydroxylation sites is 1. The highest BCUT2D eigenvalue weighted by Crippen LogP contribution is 2.06. The SMILES string of the molecule is CSCCC(C)NC(C)C(=O)Nc1ccccc1. The van der Waals surface area contributed by atoms with E-state index in [2.05, 4.69) is 23.8 Å². The fourth-order valence-corrected chi connectivity index (χ4v) is 2.24. The molecule has 0 aromatic heterocycles. The van der Waals surface area contributed by atoms with E-state index in [1.54, 1.807) is 0 Å². The zero-order chi connectivity index (χ0) is 13.4. The molecule has 18 heavy (non-hydrogen) atoms. The molecular weight excluding hydrogens is 244 g/mol. The summed E-state index contributed by atoms with van der Waals surface area (Å²) in [5, 5.41) is 6.21. The van der Waals surface area contributed by atoms with Crippen molar-refractivity contribution < 1.29 is 4.79 Å². The van der Waals surface area contributed by atoms with Crippen LogP contribution in [0.5, 0.6) is 0 Å². The van der Waals surface area contributed by atoms with Crippen LogP contribution < -0.4 is 10.6 Å². The molecule has 2 unspecified atom stereocenters. The summed E-state index contributed by atoms with van der Waals surface area (Å²) >= 11 is 1.83. The molecule has 0 aliphatic heterocycles. The molecule has 0 saturated heterocycles. The monoisotopic (exact) mass is 266 g/mol. The third-order valence-corrected chi connectivity index (χ3v) is 3.37. The second kappa shape index (κ2) is 8.16. The van der Waals surface area contributed by atoms with Crippen LogP contribution in [-0.2, 0) is 4.79 Å². The van der Waals surface area contributed by atoms with Gasteiger partial charge in [0.2, 0.25) is 5.91 Å². The van der Waals surface area contributed by atoms with Gasteiger partial charge in [0.15, 0.2) is 0 Å². The number of benzene rings is 1. The summed E-state index contributed by atoms with van der Waals surface area (Å²) in [7, 11) is 0. The molecule has 4 heteroatoms. The van der Waals surface area contributed by atoms with E-state index in [9.17, 15) is 4.79 Å². The van der Waals surface area contributed by atoms with Crippen molar-refractivity contribution in [2.24, 2.45) is 0 Å². The highest BCUT2D eigenvalue weighted by molar-refractivity contribution is 7.98. The Hall–Kier alpha value is -1.00. The average molecular weight is 266 g/mol. The number of anilines is 1. The zero-order valence-corrected chi connectivity index (χ0v) is 12.1. The normalized spacial score (nSPS) is 13.9. The summed E-state index contributed by atoms with van der Waals surface area (Å²) in [4.78, 5) is 11.9. The number of amides is 1. The summed E-state index contributed by atoms with van der Waals surface area (Å²) in [6, 6.07) is 9.71. The lowest BCUT2D eigenvalue weighted by atomic mass is 10.2. The van der Waals surface area contributed by atoms with Crippen LogP contribution in [0.1, 0.15) is 20.3 Å². The molecule has 0 bridgehead atoms. The second-order valence-electron chi connectivity index (χ2n) is 4.43. The maximum Gasteiger partial charge on any atom is 0.241 e. The predicted octanol–water partition coefficient (Wildman–Crippen LogP) is 2.74.